The van der Waals surface area contributed by atoms with Gasteiger partial charge in [0.25, 0.3) is 0 Å². The van der Waals surface area contributed by atoms with E-state index in [9.17, 15) is 4.79 Å². The number of isocyanates is 1. The zero-order valence-corrected chi connectivity index (χ0v) is 5.38. The van der Waals surface area contributed by atoms with Crippen molar-refractivity contribution in [2.24, 2.45) is 4.99 Å². The van der Waals surface area contributed by atoms with E-state index in [1.165, 1.54) is 6.08 Å². The number of carbonyl (C=O) groups excluding carboxylic acids is 1. The van der Waals surface area contributed by atoms with E-state index < -0.39 is 0 Å². The Balaban J connectivity index is 3.63. The topological polar surface area (TPSA) is 32.7 Å². The Labute approximate surface area is 49.0 Å². The van der Waals surface area contributed by atoms with E-state index in [0.717, 1.165) is 0 Å². The van der Waals surface area contributed by atoms with Crippen LogP contribution in [0, 0.1) is 0 Å². The van der Waals surface area contributed by atoms with Crippen molar-refractivity contribution in [2.45, 2.75) is 13.1 Å². The summed E-state index contributed by atoms with van der Waals surface area (Å²) in [6, 6.07) is 0. The van der Waals surface area contributed by atoms with Crippen LogP contribution < -0.4 is 0 Å². The monoisotopic (exact) mass is 114 g/mol. The minimum atomic E-state index is -0.0486. The lowest BCUT2D eigenvalue weighted by Crippen LogP contribution is -2.21. The van der Waals surface area contributed by atoms with Crippen LogP contribution in [0.25, 0.3) is 0 Å². The lowest BCUT2D eigenvalue weighted by Gasteiger charge is -2.11. The minimum absolute atomic E-state index is 0.0486. The van der Waals surface area contributed by atoms with E-state index in [-0.39, 0.29) is 6.17 Å². The normalized spacial score (nSPS) is 13.0. The van der Waals surface area contributed by atoms with Crippen molar-refractivity contribution in [1.29, 1.82) is 0 Å². The van der Waals surface area contributed by atoms with Gasteiger partial charge in [-0.15, -0.1) is 0 Å². The summed E-state index contributed by atoms with van der Waals surface area (Å²) in [6.45, 7) is 1.82. The third kappa shape index (κ3) is 2.50. The molecule has 0 bridgehead atoms. The highest BCUT2D eigenvalue weighted by atomic mass is 16.1. The van der Waals surface area contributed by atoms with Crippen LogP contribution in [0.3, 0.4) is 0 Å². The fourth-order valence-corrected chi connectivity index (χ4v) is 0.192. The molecule has 0 saturated heterocycles. The Morgan fingerprint density at radius 3 is 2.25 bits per heavy atom. The summed E-state index contributed by atoms with van der Waals surface area (Å²) in [5, 5.41) is 0. The van der Waals surface area contributed by atoms with E-state index in [1.807, 2.05) is 25.9 Å². The zero-order valence-electron chi connectivity index (χ0n) is 5.38. The van der Waals surface area contributed by atoms with Crippen molar-refractivity contribution in [3.63, 3.8) is 0 Å². The highest BCUT2D eigenvalue weighted by Gasteiger charge is 1.97. The maximum absolute atomic E-state index is 9.60. The lowest BCUT2D eigenvalue weighted by atomic mass is 10.5. The summed E-state index contributed by atoms with van der Waals surface area (Å²) in [6.07, 6.45) is 1.43. The van der Waals surface area contributed by atoms with Gasteiger partial charge in [-0.05, 0) is 21.0 Å². The molecule has 0 aliphatic heterocycles. The largest absolute Gasteiger partial charge is 0.288 e. The van der Waals surface area contributed by atoms with E-state index in [1.54, 1.807) is 0 Å². The van der Waals surface area contributed by atoms with E-state index in [4.69, 9.17) is 0 Å². The fourth-order valence-electron chi connectivity index (χ4n) is 0.192. The first-order valence-corrected chi connectivity index (χ1v) is 2.42. The molecule has 0 aromatic carbocycles. The molecule has 0 fully saturated rings. The molecule has 3 nitrogen and oxygen atoms in total. The second kappa shape index (κ2) is 3.36. The number of aliphatic imine (C=N–C) groups is 1. The first kappa shape index (κ1) is 7.34. The molecule has 0 aliphatic rings. The molecule has 0 saturated carbocycles. The van der Waals surface area contributed by atoms with Crippen LogP contribution in [0.1, 0.15) is 6.92 Å². The second-order valence-electron chi connectivity index (χ2n) is 1.82. The molecule has 1 unspecified atom stereocenters. The van der Waals surface area contributed by atoms with Crippen LogP contribution in [0.5, 0.6) is 0 Å². The number of nitrogens with zero attached hydrogens (tertiary/aromatic N) is 2. The van der Waals surface area contributed by atoms with Gasteiger partial charge in [-0.25, -0.2) is 4.79 Å². The molecule has 0 amide bonds. The van der Waals surface area contributed by atoms with Gasteiger partial charge in [0.05, 0.1) is 0 Å². The summed E-state index contributed by atoms with van der Waals surface area (Å²) >= 11 is 0. The lowest BCUT2D eigenvalue weighted by molar-refractivity contribution is 0.323. The zero-order chi connectivity index (χ0) is 6.57. The van der Waals surface area contributed by atoms with Crippen molar-refractivity contribution in [3.8, 4) is 0 Å². The van der Waals surface area contributed by atoms with E-state index >= 15 is 0 Å². The molecular formula is C5H10N2O. The molecule has 1 atom stereocenters. The molecular weight excluding hydrogens is 104 g/mol. The summed E-state index contributed by atoms with van der Waals surface area (Å²) in [5.41, 5.74) is 0. The predicted octanol–water partition coefficient (Wildman–Crippen LogP) is 0.230. The van der Waals surface area contributed by atoms with Gasteiger partial charge in [0, 0.05) is 0 Å². The highest BCUT2D eigenvalue weighted by molar-refractivity contribution is 5.33. The minimum Gasteiger partial charge on any atom is -0.288 e. The van der Waals surface area contributed by atoms with Crippen LogP contribution in [0.2, 0.25) is 0 Å². The van der Waals surface area contributed by atoms with Crippen molar-refractivity contribution in [2.75, 3.05) is 14.1 Å². The molecule has 0 spiro atoms. The quantitative estimate of drug-likeness (QED) is 0.380. The number of hydrogen-bond acceptors (Lipinski definition) is 3. The average molecular weight is 114 g/mol. The van der Waals surface area contributed by atoms with Gasteiger partial charge in [-0.2, -0.15) is 4.99 Å². The van der Waals surface area contributed by atoms with Gasteiger partial charge in [0.1, 0.15) is 6.17 Å². The Bertz CT molecular complexity index is 105. The molecule has 0 radical (unpaired) electrons. The van der Waals surface area contributed by atoms with Gasteiger partial charge >= 0.3 is 0 Å². The van der Waals surface area contributed by atoms with Crippen LogP contribution in [-0.4, -0.2) is 31.2 Å². The van der Waals surface area contributed by atoms with Crippen molar-refractivity contribution >= 4 is 6.08 Å². The van der Waals surface area contributed by atoms with Crippen molar-refractivity contribution < 1.29 is 4.79 Å². The third-order valence-electron chi connectivity index (χ3n) is 0.987. The number of hydrogen-bond donors (Lipinski definition) is 0. The highest BCUT2D eigenvalue weighted by Crippen LogP contribution is 1.88. The molecule has 0 rings (SSSR count). The standard InChI is InChI=1S/C5H10N2O/c1-5(6-4-8)7(2)3/h5H,1-3H3. The summed E-state index contributed by atoms with van der Waals surface area (Å²) in [5.74, 6) is 0. The van der Waals surface area contributed by atoms with Crippen molar-refractivity contribution in [1.82, 2.24) is 4.90 Å². The van der Waals surface area contributed by atoms with Gasteiger partial charge in [-0.3, -0.25) is 4.90 Å². The molecule has 3 heteroatoms. The second-order valence-corrected chi connectivity index (χ2v) is 1.82. The third-order valence-corrected chi connectivity index (χ3v) is 0.987. The van der Waals surface area contributed by atoms with Gasteiger partial charge in [0.2, 0.25) is 6.08 Å². The predicted molar refractivity (Wildman–Crippen MR) is 31.3 cm³/mol. The SMILES string of the molecule is CC(N=C=O)N(C)C. The molecule has 0 aliphatic carbocycles. The Morgan fingerprint density at radius 1 is 1.62 bits per heavy atom. The maximum Gasteiger partial charge on any atom is 0.236 e. The smallest absolute Gasteiger partial charge is 0.236 e. The van der Waals surface area contributed by atoms with Gasteiger partial charge in [0.15, 0.2) is 0 Å². The Morgan fingerprint density at radius 2 is 2.12 bits per heavy atom. The van der Waals surface area contributed by atoms with Crippen LogP contribution in [-0.2, 0) is 4.79 Å². The molecule has 0 N–H and O–H groups in total. The van der Waals surface area contributed by atoms with Crippen molar-refractivity contribution in [3.05, 3.63) is 0 Å². The number of rotatable bonds is 2. The Kier molecular flexibility index (Phi) is 3.08. The Hall–Kier alpha value is -0.660. The van der Waals surface area contributed by atoms with E-state index in [0.29, 0.717) is 0 Å². The summed E-state index contributed by atoms with van der Waals surface area (Å²) in [4.78, 5) is 14.9. The molecule has 8 heavy (non-hydrogen) atoms. The van der Waals surface area contributed by atoms with Crippen LogP contribution in [0.4, 0.5) is 0 Å². The first-order chi connectivity index (χ1) is 3.68. The molecule has 0 heterocycles. The van der Waals surface area contributed by atoms with E-state index in [2.05, 4.69) is 4.99 Å². The van der Waals surface area contributed by atoms with Gasteiger partial charge in [-0.1, -0.05) is 0 Å². The molecule has 0 aromatic heterocycles. The first-order valence-electron chi connectivity index (χ1n) is 2.42. The molecule has 46 valence electrons. The van der Waals surface area contributed by atoms with Crippen LogP contribution >= 0.6 is 0 Å². The average Bonchev–Trinajstić information content (AvgIpc) is 1.67. The fraction of sp³-hybridized carbons (Fsp3) is 0.800. The summed E-state index contributed by atoms with van der Waals surface area (Å²) in [7, 11) is 3.71. The summed E-state index contributed by atoms with van der Waals surface area (Å²) < 4.78 is 0. The van der Waals surface area contributed by atoms with Gasteiger partial charge < -0.3 is 0 Å². The maximum atomic E-state index is 9.60. The molecule has 0 aromatic rings. The van der Waals surface area contributed by atoms with Crippen LogP contribution in [0.15, 0.2) is 4.99 Å².